The molecule has 0 heterocycles. The van der Waals surface area contributed by atoms with E-state index in [4.69, 9.17) is 6.11 Å². The number of rotatable bonds is 2. The maximum absolute atomic E-state index is 11.7. The number of hydrogen-bond acceptors (Lipinski definition) is 2. The number of carbonyl (C=O) groups excluding carboxylic acids is 1. The number of para-hydroxylation sites is 1. The van der Waals surface area contributed by atoms with Gasteiger partial charge in [-0.2, -0.15) is 0 Å². The van der Waals surface area contributed by atoms with Gasteiger partial charge in [0, 0.05) is 5.69 Å². The number of hydrogen-bond donors (Lipinski definition) is 1. The Labute approximate surface area is 103 Å². The average molecular weight is 232 g/mol. The van der Waals surface area contributed by atoms with Crippen LogP contribution in [0.5, 0.6) is 0 Å². The molecule has 0 aromatic heterocycles. The van der Waals surface area contributed by atoms with E-state index < -0.39 is 12.2 Å². The molecule has 2 rings (SSSR count). The molecular weight excluding hydrogens is 214 g/mol. The molecule has 1 aromatic carbocycles. The molecule has 1 aliphatic rings. The number of amides is 1. The van der Waals surface area contributed by atoms with Crippen molar-refractivity contribution in [3.63, 3.8) is 0 Å². The summed E-state index contributed by atoms with van der Waals surface area (Å²) in [7, 11) is 0. The zero-order valence-corrected chi connectivity index (χ0v) is 9.85. The Hall–Kier alpha value is -1.77. The van der Waals surface area contributed by atoms with Crippen molar-refractivity contribution >= 4 is 11.8 Å². The van der Waals surface area contributed by atoms with Gasteiger partial charge in [-0.3, -0.25) is 5.32 Å². The molecule has 90 valence electrons. The summed E-state index contributed by atoms with van der Waals surface area (Å²) in [6, 6.07) is 9.08. The Kier molecular flexibility index (Phi) is 3.38. The van der Waals surface area contributed by atoms with Crippen LogP contribution in [0.2, 0.25) is 0 Å². The number of benzene rings is 1. The third kappa shape index (κ3) is 3.63. The molecule has 0 fully saturated rings. The SMILES string of the molecule is [2H][C@@]1(OC(=O)Nc2ccccc2)C=CC[C@H](C)C1. The fourth-order valence-corrected chi connectivity index (χ4v) is 1.79. The highest BCUT2D eigenvalue weighted by atomic mass is 16.6. The first kappa shape index (κ1) is 10.4. The van der Waals surface area contributed by atoms with Crippen LogP contribution in [0.3, 0.4) is 0 Å². The fraction of sp³-hybridized carbons (Fsp3) is 0.357. The highest BCUT2D eigenvalue weighted by molar-refractivity contribution is 5.84. The predicted molar refractivity (Wildman–Crippen MR) is 67.9 cm³/mol. The zero-order valence-electron chi connectivity index (χ0n) is 10.8. The molecule has 1 aromatic rings. The maximum Gasteiger partial charge on any atom is 0.412 e. The minimum absolute atomic E-state index is 0.358. The van der Waals surface area contributed by atoms with Gasteiger partial charge in [-0.25, -0.2) is 4.79 Å². The topological polar surface area (TPSA) is 38.3 Å². The summed E-state index contributed by atoms with van der Waals surface area (Å²) in [5.41, 5.74) is 0.666. The summed E-state index contributed by atoms with van der Waals surface area (Å²) in [5, 5.41) is 2.61. The quantitative estimate of drug-likeness (QED) is 0.791. The summed E-state index contributed by atoms with van der Waals surface area (Å²) < 4.78 is 13.3. The molecule has 2 atom stereocenters. The van der Waals surface area contributed by atoms with Gasteiger partial charge in [-0.15, -0.1) is 0 Å². The van der Waals surface area contributed by atoms with E-state index in [2.05, 4.69) is 5.32 Å². The van der Waals surface area contributed by atoms with Gasteiger partial charge < -0.3 is 4.74 Å². The van der Waals surface area contributed by atoms with E-state index in [0.717, 1.165) is 6.42 Å². The van der Waals surface area contributed by atoms with Crippen LogP contribution in [0, 0.1) is 5.92 Å². The van der Waals surface area contributed by atoms with Gasteiger partial charge in [0.1, 0.15) is 6.08 Å². The molecule has 1 aliphatic carbocycles. The van der Waals surface area contributed by atoms with Crippen LogP contribution in [0.4, 0.5) is 10.5 Å². The highest BCUT2D eigenvalue weighted by Crippen LogP contribution is 2.20. The Morgan fingerprint density at radius 2 is 2.24 bits per heavy atom. The third-order valence-corrected chi connectivity index (χ3v) is 2.64. The monoisotopic (exact) mass is 232 g/mol. The van der Waals surface area contributed by atoms with Crippen molar-refractivity contribution in [1.82, 2.24) is 0 Å². The molecule has 1 amide bonds. The van der Waals surface area contributed by atoms with Crippen LogP contribution in [0.15, 0.2) is 42.5 Å². The summed E-state index contributed by atoms with van der Waals surface area (Å²) in [6.45, 7) is 2.05. The fourth-order valence-electron chi connectivity index (χ4n) is 1.79. The van der Waals surface area contributed by atoms with Crippen molar-refractivity contribution < 1.29 is 10.9 Å². The van der Waals surface area contributed by atoms with E-state index in [0.29, 0.717) is 18.0 Å². The van der Waals surface area contributed by atoms with E-state index in [1.54, 1.807) is 18.2 Å². The average Bonchev–Trinajstić information content (AvgIpc) is 2.28. The third-order valence-electron chi connectivity index (χ3n) is 2.64. The van der Waals surface area contributed by atoms with E-state index >= 15 is 0 Å². The second kappa shape index (κ2) is 5.53. The summed E-state index contributed by atoms with van der Waals surface area (Å²) in [4.78, 5) is 11.7. The molecule has 0 aliphatic heterocycles. The Balaban J connectivity index is 1.95. The van der Waals surface area contributed by atoms with Crippen LogP contribution in [-0.2, 0) is 4.74 Å². The summed E-state index contributed by atoms with van der Waals surface area (Å²) in [5.74, 6) is 0.358. The molecule has 0 radical (unpaired) electrons. The first-order valence-corrected chi connectivity index (χ1v) is 5.80. The summed E-state index contributed by atoms with van der Waals surface area (Å²) in [6.07, 6.45) is 3.19. The lowest BCUT2D eigenvalue weighted by atomic mass is 9.94. The Bertz CT molecular complexity index is 446. The number of allylic oxidation sites excluding steroid dienone is 1. The molecule has 0 saturated heterocycles. The molecule has 3 nitrogen and oxygen atoms in total. The molecule has 3 heteroatoms. The summed E-state index contributed by atoms with van der Waals surface area (Å²) >= 11 is 0. The van der Waals surface area contributed by atoms with Crippen LogP contribution < -0.4 is 5.32 Å². The number of carbonyl (C=O) groups is 1. The van der Waals surface area contributed by atoms with E-state index in [9.17, 15) is 4.79 Å². The molecular formula is C14H17NO2. The van der Waals surface area contributed by atoms with E-state index in [-0.39, 0.29) is 0 Å². The molecule has 17 heavy (non-hydrogen) atoms. The zero-order chi connectivity index (χ0) is 13.0. The van der Waals surface area contributed by atoms with Crippen LogP contribution in [-0.4, -0.2) is 12.2 Å². The van der Waals surface area contributed by atoms with Gasteiger partial charge in [-0.05, 0) is 37.0 Å². The van der Waals surface area contributed by atoms with Gasteiger partial charge >= 0.3 is 6.09 Å². The predicted octanol–water partition coefficient (Wildman–Crippen LogP) is 3.59. The van der Waals surface area contributed by atoms with Gasteiger partial charge in [-0.1, -0.05) is 31.2 Å². The number of ether oxygens (including phenoxy) is 1. The van der Waals surface area contributed by atoms with Gasteiger partial charge in [0.25, 0.3) is 0 Å². The van der Waals surface area contributed by atoms with Crippen molar-refractivity contribution in [2.45, 2.75) is 25.8 Å². The van der Waals surface area contributed by atoms with Crippen molar-refractivity contribution in [2.24, 2.45) is 5.92 Å². The van der Waals surface area contributed by atoms with Gasteiger partial charge in [0.15, 0.2) is 0 Å². The molecule has 0 spiro atoms. The molecule has 0 unspecified atom stereocenters. The molecule has 0 bridgehead atoms. The number of anilines is 1. The van der Waals surface area contributed by atoms with Crippen molar-refractivity contribution in [2.75, 3.05) is 5.32 Å². The van der Waals surface area contributed by atoms with Crippen molar-refractivity contribution in [3.8, 4) is 0 Å². The smallest absolute Gasteiger partial charge is 0.412 e. The van der Waals surface area contributed by atoms with E-state index in [1.165, 1.54) is 0 Å². The molecule has 0 saturated carbocycles. The maximum atomic E-state index is 11.7. The van der Waals surface area contributed by atoms with Crippen LogP contribution in [0.1, 0.15) is 21.1 Å². The molecule has 1 N–H and O–H groups in total. The van der Waals surface area contributed by atoms with Gasteiger partial charge in [0.2, 0.25) is 0 Å². The Morgan fingerprint density at radius 3 is 2.94 bits per heavy atom. The first-order valence-electron chi connectivity index (χ1n) is 6.30. The Morgan fingerprint density at radius 1 is 1.47 bits per heavy atom. The first-order chi connectivity index (χ1) is 8.57. The normalized spacial score (nSPS) is 28.3. The lowest BCUT2D eigenvalue weighted by molar-refractivity contribution is 0.118. The minimum atomic E-state index is -1.24. The van der Waals surface area contributed by atoms with E-state index in [1.807, 2.05) is 31.2 Å². The highest BCUT2D eigenvalue weighted by Gasteiger charge is 2.17. The van der Waals surface area contributed by atoms with Crippen LogP contribution in [0.25, 0.3) is 0 Å². The second-order valence-electron chi connectivity index (χ2n) is 4.29. The van der Waals surface area contributed by atoms with Crippen LogP contribution >= 0.6 is 0 Å². The van der Waals surface area contributed by atoms with Gasteiger partial charge in [0.05, 0.1) is 1.37 Å². The van der Waals surface area contributed by atoms with Crippen molar-refractivity contribution in [3.05, 3.63) is 42.5 Å². The second-order valence-corrected chi connectivity index (χ2v) is 4.29. The number of nitrogens with one attached hydrogen (secondary N) is 1. The van der Waals surface area contributed by atoms with Crippen molar-refractivity contribution in [1.29, 1.82) is 0 Å². The lowest BCUT2D eigenvalue weighted by Crippen LogP contribution is -2.24. The standard InChI is InChI=1S/C14H17NO2/c1-11-6-5-9-13(10-11)17-14(16)15-12-7-3-2-4-8-12/h2-5,7-9,11,13H,6,10H2,1H3,(H,15,16)/t11-,13+/m0/s1/i13D. The minimum Gasteiger partial charge on any atom is -0.442 e. The lowest BCUT2D eigenvalue weighted by Gasteiger charge is -2.21. The largest absolute Gasteiger partial charge is 0.442 e.